The fourth-order valence-corrected chi connectivity index (χ4v) is 5.31. The van der Waals surface area contributed by atoms with Crippen molar-refractivity contribution in [3.8, 4) is 11.8 Å². The third kappa shape index (κ3) is 5.16. The van der Waals surface area contributed by atoms with Crippen molar-refractivity contribution >= 4 is 41.8 Å². The molecule has 5 rings (SSSR count). The van der Waals surface area contributed by atoms with Gasteiger partial charge in [0.2, 0.25) is 0 Å². The van der Waals surface area contributed by atoms with Gasteiger partial charge in [0, 0.05) is 36.0 Å². The number of esters is 1. The van der Waals surface area contributed by atoms with Gasteiger partial charge in [0.1, 0.15) is 11.4 Å². The number of hydrogen-bond donors (Lipinski definition) is 1. The zero-order valence-electron chi connectivity index (χ0n) is 22.7. The molecule has 3 aromatic heterocycles. The normalized spacial score (nSPS) is 18.1. The second-order valence-corrected chi connectivity index (χ2v) is 9.56. The number of aromatic nitrogens is 2. The first-order chi connectivity index (χ1) is 17.7. The predicted octanol–water partition coefficient (Wildman–Crippen LogP) is 5.81. The number of hydrogen-bond acceptors (Lipinski definition) is 7. The van der Waals surface area contributed by atoms with Gasteiger partial charge in [-0.15, -0.1) is 24.8 Å². The Morgan fingerprint density at radius 1 is 1.10 bits per heavy atom. The summed E-state index contributed by atoms with van der Waals surface area (Å²) in [7, 11) is 1.60. The van der Waals surface area contributed by atoms with Gasteiger partial charge in [-0.1, -0.05) is 13.0 Å². The highest BCUT2D eigenvalue weighted by atomic mass is 35.5. The molecule has 1 aliphatic rings. The molecule has 0 fully saturated rings. The van der Waals surface area contributed by atoms with Crippen LogP contribution < -0.4 is 15.6 Å². The molecule has 0 bridgehead atoms. The Labute approximate surface area is 239 Å². The van der Waals surface area contributed by atoms with E-state index in [4.69, 9.17) is 13.9 Å². The van der Waals surface area contributed by atoms with Crippen LogP contribution >= 0.6 is 24.8 Å². The van der Waals surface area contributed by atoms with Crippen LogP contribution in [-0.4, -0.2) is 35.3 Å². The molecule has 1 N–H and O–H groups in total. The number of pyridine rings is 2. The monoisotopic (exact) mass is 573 g/mol. The van der Waals surface area contributed by atoms with Gasteiger partial charge in [-0.05, 0) is 73.6 Å². The fraction of sp³-hybridized carbons (Fsp3) is 0.345. The number of methoxy groups -OCH3 is 1. The number of halogens is 2. The Balaban J connectivity index is 0.00000210. The number of ether oxygens (including phenoxy) is 2. The standard InChI is InChI=1S/C29H31N3O5.2ClH/c1-7-36-29(34)19-10-11-30-22(12-19)32-14-20(8-9-23(32)33)27-26-21-13-24(35-6)37-28(21)16(3)15(2)25(26)17(4)18(5)31-27;;/h8-14,17-18,27,31H,7H2,1-6H3;2*1H. The number of rotatable bonds is 5. The molecule has 1 aliphatic heterocycles. The molecule has 4 heterocycles. The van der Waals surface area contributed by atoms with E-state index < -0.39 is 5.97 Å². The Bertz CT molecular complexity index is 1580. The van der Waals surface area contributed by atoms with Crippen LogP contribution in [-0.2, 0) is 4.74 Å². The molecule has 0 amide bonds. The van der Waals surface area contributed by atoms with Crippen molar-refractivity contribution in [3.05, 3.63) is 86.5 Å². The van der Waals surface area contributed by atoms with Gasteiger partial charge in [-0.3, -0.25) is 9.36 Å². The summed E-state index contributed by atoms with van der Waals surface area (Å²) in [6.07, 6.45) is 3.30. The van der Waals surface area contributed by atoms with E-state index in [0.29, 0.717) is 17.3 Å². The quantitative estimate of drug-likeness (QED) is 0.301. The average molecular weight is 575 g/mol. The molecule has 3 atom stereocenters. The van der Waals surface area contributed by atoms with Crippen LogP contribution in [0, 0.1) is 13.8 Å². The lowest BCUT2D eigenvalue weighted by molar-refractivity contribution is 0.0526. The molecule has 39 heavy (non-hydrogen) atoms. The molecule has 3 unspecified atom stereocenters. The van der Waals surface area contributed by atoms with Gasteiger partial charge in [-0.2, -0.15) is 0 Å². The van der Waals surface area contributed by atoms with Crippen LogP contribution in [0.25, 0.3) is 16.8 Å². The Morgan fingerprint density at radius 3 is 2.54 bits per heavy atom. The SMILES string of the molecule is CCOC(=O)c1ccnc(-n2cc(C3NC(C)C(C)c4c(C)c(C)c5oc(OC)cc5c43)ccc2=O)c1.Cl.Cl. The lowest BCUT2D eigenvalue weighted by Gasteiger charge is -2.38. The summed E-state index contributed by atoms with van der Waals surface area (Å²) in [6.45, 7) is 10.6. The number of nitrogens with one attached hydrogen (secondary N) is 1. The van der Waals surface area contributed by atoms with E-state index in [9.17, 15) is 9.59 Å². The Hall–Kier alpha value is -3.33. The third-order valence-corrected chi connectivity index (χ3v) is 7.49. The first-order valence-corrected chi connectivity index (χ1v) is 12.5. The molecule has 0 saturated carbocycles. The van der Waals surface area contributed by atoms with Crippen molar-refractivity contribution in [2.75, 3.05) is 13.7 Å². The van der Waals surface area contributed by atoms with Gasteiger partial charge in [0.15, 0.2) is 0 Å². The second kappa shape index (κ2) is 11.8. The lowest BCUT2D eigenvalue weighted by Crippen LogP contribution is -2.41. The Kier molecular flexibility index (Phi) is 9.16. The lowest BCUT2D eigenvalue weighted by atomic mass is 9.76. The van der Waals surface area contributed by atoms with E-state index >= 15 is 0 Å². The first kappa shape index (κ1) is 30.2. The highest BCUT2D eigenvalue weighted by molar-refractivity contribution is 5.90. The summed E-state index contributed by atoms with van der Waals surface area (Å²) in [5.74, 6) is 0.623. The summed E-state index contributed by atoms with van der Waals surface area (Å²) >= 11 is 0. The maximum absolute atomic E-state index is 12.9. The van der Waals surface area contributed by atoms with Gasteiger partial charge < -0.3 is 19.2 Å². The molecular formula is C29H33Cl2N3O5. The minimum atomic E-state index is -0.455. The molecule has 0 spiro atoms. The van der Waals surface area contributed by atoms with Gasteiger partial charge >= 0.3 is 5.97 Å². The van der Waals surface area contributed by atoms with Crippen molar-refractivity contribution in [1.82, 2.24) is 14.9 Å². The number of benzene rings is 1. The predicted molar refractivity (Wildman–Crippen MR) is 155 cm³/mol. The largest absolute Gasteiger partial charge is 0.468 e. The van der Waals surface area contributed by atoms with Crippen molar-refractivity contribution < 1.29 is 18.7 Å². The first-order valence-electron chi connectivity index (χ1n) is 12.5. The number of nitrogens with zero attached hydrogens (tertiary/aromatic N) is 2. The van der Waals surface area contributed by atoms with E-state index in [0.717, 1.165) is 27.7 Å². The van der Waals surface area contributed by atoms with Crippen molar-refractivity contribution in [2.45, 2.75) is 52.6 Å². The van der Waals surface area contributed by atoms with E-state index in [-0.39, 0.29) is 55.0 Å². The molecule has 10 heteroatoms. The molecule has 208 valence electrons. The summed E-state index contributed by atoms with van der Waals surface area (Å²) in [5, 5.41) is 4.75. The maximum Gasteiger partial charge on any atom is 0.338 e. The number of furan rings is 1. The average Bonchev–Trinajstić information content (AvgIpc) is 3.34. The highest BCUT2D eigenvalue weighted by Gasteiger charge is 2.35. The van der Waals surface area contributed by atoms with E-state index in [1.165, 1.54) is 28.0 Å². The zero-order valence-corrected chi connectivity index (χ0v) is 24.4. The van der Waals surface area contributed by atoms with Crippen LogP contribution in [0.3, 0.4) is 0 Å². The summed E-state index contributed by atoms with van der Waals surface area (Å²) in [4.78, 5) is 29.6. The highest BCUT2D eigenvalue weighted by Crippen LogP contribution is 2.45. The van der Waals surface area contributed by atoms with E-state index in [2.05, 4.69) is 38.0 Å². The number of carbonyl (C=O) groups is 1. The Morgan fingerprint density at radius 2 is 1.85 bits per heavy atom. The molecule has 0 aliphatic carbocycles. The minimum Gasteiger partial charge on any atom is -0.468 e. The summed E-state index contributed by atoms with van der Waals surface area (Å²) in [6, 6.07) is 8.45. The number of aryl methyl sites for hydroxylation is 1. The molecule has 0 saturated heterocycles. The van der Waals surface area contributed by atoms with Gasteiger partial charge in [0.05, 0.1) is 25.3 Å². The van der Waals surface area contributed by atoms with E-state index in [1.54, 1.807) is 32.4 Å². The molecule has 1 aromatic carbocycles. The van der Waals surface area contributed by atoms with E-state index in [1.807, 2.05) is 12.1 Å². The van der Waals surface area contributed by atoms with Crippen LogP contribution in [0.5, 0.6) is 5.95 Å². The molecule has 4 aromatic rings. The van der Waals surface area contributed by atoms with Crippen LogP contribution in [0.2, 0.25) is 0 Å². The summed E-state index contributed by atoms with van der Waals surface area (Å²) < 4.78 is 18.1. The molecule has 8 nitrogen and oxygen atoms in total. The van der Waals surface area contributed by atoms with Crippen LogP contribution in [0.1, 0.15) is 70.9 Å². The van der Waals surface area contributed by atoms with Crippen molar-refractivity contribution in [1.29, 1.82) is 0 Å². The van der Waals surface area contributed by atoms with Crippen LogP contribution in [0.15, 0.2) is 51.9 Å². The second-order valence-electron chi connectivity index (χ2n) is 9.56. The number of fused-ring (bicyclic) bond motifs is 3. The third-order valence-electron chi connectivity index (χ3n) is 7.49. The fourth-order valence-electron chi connectivity index (χ4n) is 5.31. The van der Waals surface area contributed by atoms with Gasteiger partial charge in [-0.25, -0.2) is 9.78 Å². The topological polar surface area (TPSA) is 95.6 Å². The zero-order chi connectivity index (χ0) is 26.4. The smallest absolute Gasteiger partial charge is 0.338 e. The molecular weight excluding hydrogens is 541 g/mol. The maximum atomic E-state index is 12.9. The van der Waals surface area contributed by atoms with Crippen molar-refractivity contribution in [3.63, 3.8) is 0 Å². The number of carbonyl (C=O) groups excluding carboxylic acids is 1. The van der Waals surface area contributed by atoms with Crippen molar-refractivity contribution in [2.24, 2.45) is 0 Å². The van der Waals surface area contributed by atoms with Crippen LogP contribution in [0.4, 0.5) is 0 Å². The minimum absolute atomic E-state index is 0. The summed E-state index contributed by atoms with van der Waals surface area (Å²) in [5.41, 5.74) is 6.49. The molecule has 0 radical (unpaired) electrons. The van der Waals surface area contributed by atoms with Gasteiger partial charge in [0.25, 0.3) is 11.5 Å².